The molecule has 0 aliphatic carbocycles. The lowest BCUT2D eigenvalue weighted by atomic mass is 10.2. The zero-order chi connectivity index (χ0) is 11.6. The van der Waals surface area contributed by atoms with Gasteiger partial charge in [-0.2, -0.15) is 0 Å². The van der Waals surface area contributed by atoms with Gasteiger partial charge in [-0.1, -0.05) is 28.1 Å². The molecule has 0 fully saturated rings. The highest BCUT2D eigenvalue weighted by molar-refractivity contribution is 9.10. The Labute approximate surface area is 105 Å². The van der Waals surface area contributed by atoms with E-state index in [2.05, 4.69) is 33.4 Å². The Morgan fingerprint density at radius 3 is 2.56 bits per heavy atom. The Morgan fingerprint density at radius 2 is 1.88 bits per heavy atom. The standard InChI is InChI=1S/C12H18BrNO2/c1-15-8-9-16-7-6-14-10-11-2-4-12(13)5-3-11/h2-5,14H,6-10H2,1H3. The van der Waals surface area contributed by atoms with Crippen molar-refractivity contribution in [1.82, 2.24) is 5.32 Å². The van der Waals surface area contributed by atoms with E-state index in [-0.39, 0.29) is 0 Å². The average molecular weight is 288 g/mol. The van der Waals surface area contributed by atoms with Gasteiger partial charge in [-0.3, -0.25) is 0 Å². The van der Waals surface area contributed by atoms with Crippen LogP contribution in [-0.4, -0.2) is 33.5 Å². The first-order chi connectivity index (χ1) is 7.83. The molecular weight excluding hydrogens is 270 g/mol. The zero-order valence-corrected chi connectivity index (χ0v) is 11.1. The molecule has 1 aromatic carbocycles. The molecular formula is C12H18BrNO2. The number of rotatable bonds is 8. The van der Waals surface area contributed by atoms with E-state index < -0.39 is 0 Å². The summed E-state index contributed by atoms with van der Waals surface area (Å²) in [6.45, 7) is 3.78. The first-order valence-electron chi connectivity index (χ1n) is 5.35. The highest BCUT2D eigenvalue weighted by Crippen LogP contribution is 2.09. The van der Waals surface area contributed by atoms with Crippen molar-refractivity contribution in [2.45, 2.75) is 6.54 Å². The van der Waals surface area contributed by atoms with Gasteiger partial charge in [0.25, 0.3) is 0 Å². The van der Waals surface area contributed by atoms with Crippen LogP contribution in [0, 0.1) is 0 Å². The van der Waals surface area contributed by atoms with Gasteiger partial charge in [0.05, 0.1) is 19.8 Å². The maximum absolute atomic E-state index is 5.34. The number of methoxy groups -OCH3 is 1. The Morgan fingerprint density at radius 1 is 1.12 bits per heavy atom. The van der Waals surface area contributed by atoms with Crippen LogP contribution in [0.4, 0.5) is 0 Å². The van der Waals surface area contributed by atoms with Crippen LogP contribution in [0.1, 0.15) is 5.56 Å². The highest BCUT2D eigenvalue weighted by atomic mass is 79.9. The molecule has 1 N–H and O–H groups in total. The molecule has 0 unspecified atom stereocenters. The minimum Gasteiger partial charge on any atom is -0.382 e. The third-order valence-corrected chi connectivity index (χ3v) is 2.63. The normalized spacial score (nSPS) is 10.6. The number of benzene rings is 1. The molecule has 90 valence electrons. The maximum atomic E-state index is 5.34. The van der Waals surface area contributed by atoms with Gasteiger partial charge in [-0.25, -0.2) is 0 Å². The van der Waals surface area contributed by atoms with Crippen LogP contribution in [0.2, 0.25) is 0 Å². The Balaban J connectivity index is 2.01. The molecule has 0 aliphatic rings. The van der Waals surface area contributed by atoms with E-state index in [1.165, 1.54) is 5.56 Å². The molecule has 0 aliphatic heterocycles. The topological polar surface area (TPSA) is 30.5 Å². The van der Waals surface area contributed by atoms with Crippen molar-refractivity contribution in [3.8, 4) is 0 Å². The lowest BCUT2D eigenvalue weighted by Crippen LogP contribution is -2.20. The van der Waals surface area contributed by atoms with Gasteiger partial charge >= 0.3 is 0 Å². The second-order valence-electron chi connectivity index (χ2n) is 3.41. The third-order valence-electron chi connectivity index (χ3n) is 2.10. The van der Waals surface area contributed by atoms with Crippen LogP contribution in [0.3, 0.4) is 0 Å². The van der Waals surface area contributed by atoms with Gasteiger partial charge in [0.15, 0.2) is 0 Å². The fraction of sp³-hybridized carbons (Fsp3) is 0.500. The van der Waals surface area contributed by atoms with E-state index in [9.17, 15) is 0 Å². The summed E-state index contributed by atoms with van der Waals surface area (Å²) in [5, 5.41) is 3.32. The fourth-order valence-corrected chi connectivity index (χ4v) is 1.49. The number of hydrogen-bond donors (Lipinski definition) is 1. The summed E-state index contributed by atoms with van der Waals surface area (Å²) in [4.78, 5) is 0. The zero-order valence-electron chi connectivity index (χ0n) is 9.54. The number of nitrogens with one attached hydrogen (secondary N) is 1. The summed E-state index contributed by atoms with van der Waals surface area (Å²) < 4.78 is 11.3. The first kappa shape index (κ1) is 13.6. The smallest absolute Gasteiger partial charge is 0.0700 e. The molecule has 16 heavy (non-hydrogen) atoms. The van der Waals surface area contributed by atoms with Gasteiger partial charge in [0, 0.05) is 24.7 Å². The molecule has 0 bridgehead atoms. The molecule has 0 saturated heterocycles. The molecule has 0 radical (unpaired) electrons. The predicted octanol–water partition coefficient (Wildman–Crippen LogP) is 2.20. The molecule has 0 atom stereocenters. The monoisotopic (exact) mass is 287 g/mol. The molecule has 4 heteroatoms. The minimum atomic E-state index is 0.659. The van der Waals surface area contributed by atoms with Crippen LogP contribution >= 0.6 is 15.9 Å². The van der Waals surface area contributed by atoms with Crippen molar-refractivity contribution in [3.63, 3.8) is 0 Å². The Bertz CT molecular complexity index is 277. The van der Waals surface area contributed by atoms with E-state index in [4.69, 9.17) is 9.47 Å². The van der Waals surface area contributed by atoms with Crippen molar-refractivity contribution >= 4 is 15.9 Å². The molecule has 0 aromatic heterocycles. The Kier molecular flexibility index (Phi) is 7.42. The maximum Gasteiger partial charge on any atom is 0.0700 e. The van der Waals surface area contributed by atoms with Gasteiger partial charge in [-0.05, 0) is 17.7 Å². The van der Waals surface area contributed by atoms with Crippen molar-refractivity contribution in [3.05, 3.63) is 34.3 Å². The SMILES string of the molecule is COCCOCCNCc1ccc(Br)cc1. The fourth-order valence-electron chi connectivity index (χ4n) is 1.22. The number of ether oxygens (including phenoxy) is 2. The molecule has 0 spiro atoms. The van der Waals surface area contributed by atoms with E-state index in [0.29, 0.717) is 13.2 Å². The van der Waals surface area contributed by atoms with E-state index >= 15 is 0 Å². The third kappa shape index (κ3) is 6.23. The van der Waals surface area contributed by atoms with Crippen LogP contribution < -0.4 is 5.32 Å². The largest absolute Gasteiger partial charge is 0.382 e. The van der Waals surface area contributed by atoms with Crippen LogP contribution in [-0.2, 0) is 16.0 Å². The van der Waals surface area contributed by atoms with Gasteiger partial charge in [-0.15, -0.1) is 0 Å². The first-order valence-corrected chi connectivity index (χ1v) is 6.14. The molecule has 0 saturated carbocycles. The number of halogens is 1. The van der Waals surface area contributed by atoms with Crippen LogP contribution in [0.5, 0.6) is 0 Å². The van der Waals surface area contributed by atoms with Gasteiger partial charge in [0.2, 0.25) is 0 Å². The summed E-state index contributed by atoms with van der Waals surface area (Å²) in [6.07, 6.45) is 0. The minimum absolute atomic E-state index is 0.659. The quantitative estimate of drug-likeness (QED) is 0.744. The molecule has 1 aromatic rings. The van der Waals surface area contributed by atoms with Crippen molar-refractivity contribution in [2.75, 3.05) is 33.5 Å². The summed E-state index contributed by atoms with van der Waals surface area (Å²) in [7, 11) is 1.68. The molecule has 1 rings (SSSR count). The van der Waals surface area contributed by atoms with Crippen molar-refractivity contribution < 1.29 is 9.47 Å². The second-order valence-corrected chi connectivity index (χ2v) is 4.32. The molecule has 0 amide bonds. The molecule has 3 nitrogen and oxygen atoms in total. The van der Waals surface area contributed by atoms with Gasteiger partial charge < -0.3 is 14.8 Å². The highest BCUT2D eigenvalue weighted by Gasteiger charge is 1.93. The number of hydrogen-bond acceptors (Lipinski definition) is 3. The summed E-state index contributed by atoms with van der Waals surface area (Å²) in [6, 6.07) is 8.30. The summed E-state index contributed by atoms with van der Waals surface area (Å²) in [5.41, 5.74) is 1.28. The predicted molar refractivity (Wildman–Crippen MR) is 68.5 cm³/mol. The van der Waals surface area contributed by atoms with Gasteiger partial charge in [0.1, 0.15) is 0 Å². The Hall–Kier alpha value is -0.420. The second kappa shape index (κ2) is 8.70. The summed E-state index contributed by atoms with van der Waals surface area (Å²) >= 11 is 3.41. The summed E-state index contributed by atoms with van der Waals surface area (Å²) in [5.74, 6) is 0. The van der Waals surface area contributed by atoms with Crippen LogP contribution in [0.25, 0.3) is 0 Å². The van der Waals surface area contributed by atoms with Crippen LogP contribution in [0.15, 0.2) is 28.7 Å². The van der Waals surface area contributed by atoms with Crippen molar-refractivity contribution in [2.24, 2.45) is 0 Å². The lowest BCUT2D eigenvalue weighted by molar-refractivity contribution is 0.0719. The van der Waals surface area contributed by atoms with E-state index in [1.807, 2.05) is 12.1 Å². The van der Waals surface area contributed by atoms with E-state index in [1.54, 1.807) is 7.11 Å². The van der Waals surface area contributed by atoms with E-state index in [0.717, 1.165) is 24.2 Å². The lowest BCUT2D eigenvalue weighted by Gasteiger charge is -2.06. The van der Waals surface area contributed by atoms with Crippen molar-refractivity contribution in [1.29, 1.82) is 0 Å². The molecule has 0 heterocycles. The average Bonchev–Trinajstić information content (AvgIpc) is 2.30.